The first kappa shape index (κ1) is 14.7. The van der Waals surface area contributed by atoms with Crippen LogP contribution in [0.5, 0.6) is 0 Å². The number of urea groups is 1. The Kier molecular flexibility index (Phi) is 4.61. The van der Waals surface area contributed by atoms with Gasteiger partial charge >= 0.3 is 12.1 Å². The number of nitrogens with one attached hydrogen (secondary N) is 1. The third kappa shape index (κ3) is 3.42. The molecule has 1 fully saturated rings. The van der Waals surface area contributed by atoms with Crippen LogP contribution in [0.4, 0.5) is 15.3 Å². The molecular weight excluding hydrogens is 272 g/mol. The summed E-state index contributed by atoms with van der Waals surface area (Å²) in [6.45, 7) is 2.16. The second-order valence-corrected chi connectivity index (χ2v) is 4.52. The van der Waals surface area contributed by atoms with Gasteiger partial charge in [-0.3, -0.25) is 0 Å². The maximum atomic E-state index is 11.8. The van der Waals surface area contributed by atoms with E-state index in [2.05, 4.69) is 21.0 Å². The summed E-state index contributed by atoms with van der Waals surface area (Å²) in [7, 11) is 1.21. The van der Waals surface area contributed by atoms with Gasteiger partial charge in [-0.05, 0) is 12.1 Å². The highest BCUT2D eigenvalue weighted by Crippen LogP contribution is 2.20. The number of anilines is 1. The molecule has 0 spiro atoms. The third-order valence-electron chi connectivity index (χ3n) is 3.33. The minimum Gasteiger partial charge on any atom is -0.453 e. The minimum atomic E-state index is -0.766. The van der Waals surface area contributed by atoms with Gasteiger partial charge in [-0.1, -0.05) is 12.1 Å². The molecule has 1 aliphatic heterocycles. The van der Waals surface area contributed by atoms with Crippen molar-refractivity contribution in [2.75, 3.05) is 38.2 Å². The number of alkyl carbamates (subject to hydrolysis) is 1. The molecule has 1 aromatic rings. The van der Waals surface area contributed by atoms with Crippen LogP contribution in [0.3, 0.4) is 0 Å². The number of rotatable bonds is 1. The summed E-state index contributed by atoms with van der Waals surface area (Å²) in [5.41, 5.74) is 1.48. The molecule has 1 aliphatic rings. The number of carbonyl (C=O) groups excluding carboxylic acids is 2. The zero-order chi connectivity index (χ0) is 15.2. The third-order valence-corrected chi connectivity index (χ3v) is 3.33. The van der Waals surface area contributed by atoms with Crippen LogP contribution in [0.2, 0.25) is 0 Å². The Morgan fingerprint density at radius 1 is 1.24 bits per heavy atom. The number of hydrogen-bond acceptors (Lipinski definition) is 5. The molecule has 2 rings (SSSR count). The number of para-hydroxylation sites is 1. The summed E-state index contributed by atoms with van der Waals surface area (Å²) < 4.78 is 4.39. The molecule has 110 valence electrons. The van der Waals surface area contributed by atoms with Crippen molar-refractivity contribution < 1.29 is 14.3 Å². The molecule has 0 radical (unpaired) electrons. The molecule has 0 aromatic heterocycles. The number of hydrogen-bond donors (Lipinski definition) is 1. The molecule has 7 nitrogen and oxygen atoms in total. The molecule has 1 aromatic carbocycles. The lowest BCUT2D eigenvalue weighted by atomic mass is 10.1. The highest BCUT2D eigenvalue weighted by Gasteiger charge is 2.23. The van der Waals surface area contributed by atoms with Crippen molar-refractivity contribution in [3.8, 4) is 6.07 Å². The summed E-state index contributed by atoms with van der Waals surface area (Å²) in [4.78, 5) is 26.4. The Balaban J connectivity index is 1.96. The van der Waals surface area contributed by atoms with E-state index < -0.39 is 12.1 Å². The standard InChI is InChI=1S/C14H16N4O3/c1-21-14(20)16-13(19)18-8-6-17(7-9-18)12-5-3-2-4-11(12)10-15/h2-5H,6-9H2,1H3,(H,16,19,20). The van der Waals surface area contributed by atoms with Crippen molar-refractivity contribution in [3.05, 3.63) is 29.8 Å². The van der Waals surface area contributed by atoms with Crippen LogP contribution in [0.15, 0.2) is 24.3 Å². The monoisotopic (exact) mass is 288 g/mol. The van der Waals surface area contributed by atoms with Gasteiger partial charge in [0.05, 0.1) is 18.4 Å². The number of amides is 3. The largest absolute Gasteiger partial charge is 0.453 e. The summed E-state index contributed by atoms with van der Waals surface area (Å²) in [6, 6.07) is 9.07. The SMILES string of the molecule is COC(=O)NC(=O)N1CCN(c2ccccc2C#N)CC1. The van der Waals surface area contributed by atoms with Gasteiger partial charge in [0.25, 0.3) is 0 Å². The highest BCUT2D eigenvalue weighted by atomic mass is 16.5. The molecule has 1 saturated heterocycles. The second-order valence-electron chi connectivity index (χ2n) is 4.52. The van der Waals surface area contributed by atoms with Crippen molar-refractivity contribution >= 4 is 17.8 Å². The Bertz CT molecular complexity index is 574. The Hall–Kier alpha value is -2.75. The lowest BCUT2D eigenvalue weighted by Gasteiger charge is -2.36. The lowest BCUT2D eigenvalue weighted by molar-refractivity contribution is 0.160. The molecule has 0 saturated carbocycles. The van der Waals surface area contributed by atoms with Crippen molar-refractivity contribution in [2.24, 2.45) is 0 Å². The summed E-state index contributed by atoms with van der Waals surface area (Å²) in [5, 5.41) is 11.2. The fourth-order valence-electron chi connectivity index (χ4n) is 2.21. The van der Waals surface area contributed by atoms with Crippen molar-refractivity contribution in [1.82, 2.24) is 10.2 Å². The molecule has 21 heavy (non-hydrogen) atoms. The summed E-state index contributed by atoms with van der Waals surface area (Å²) in [6.07, 6.45) is -0.766. The van der Waals surface area contributed by atoms with Crippen LogP contribution < -0.4 is 10.2 Å². The molecule has 0 bridgehead atoms. The molecule has 0 atom stereocenters. The predicted octanol–water partition coefficient (Wildman–Crippen LogP) is 1.16. The van der Waals surface area contributed by atoms with Gasteiger partial charge in [0.1, 0.15) is 6.07 Å². The highest BCUT2D eigenvalue weighted by molar-refractivity contribution is 5.90. The van der Waals surface area contributed by atoms with Gasteiger partial charge in [0, 0.05) is 26.2 Å². The first-order valence-corrected chi connectivity index (χ1v) is 6.53. The number of nitriles is 1. The number of ether oxygens (including phenoxy) is 1. The molecular formula is C14H16N4O3. The van der Waals surface area contributed by atoms with Crippen LogP contribution in [-0.2, 0) is 4.74 Å². The van der Waals surface area contributed by atoms with Crippen LogP contribution in [0.25, 0.3) is 0 Å². The van der Waals surface area contributed by atoms with Crippen molar-refractivity contribution in [1.29, 1.82) is 5.26 Å². The van der Waals surface area contributed by atoms with E-state index in [4.69, 9.17) is 5.26 Å². The van der Waals surface area contributed by atoms with Crippen LogP contribution in [0.1, 0.15) is 5.56 Å². The molecule has 7 heteroatoms. The van der Waals surface area contributed by atoms with Crippen molar-refractivity contribution in [3.63, 3.8) is 0 Å². The lowest BCUT2D eigenvalue weighted by Crippen LogP contribution is -2.53. The normalized spacial score (nSPS) is 14.3. The van der Waals surface area contributed by atoms with E-state index in [1.807, 2.05) is 18.2 Å². The zero-order valence-corrected chi connectivity index (χ0v) is 11.7. The zero-order valence-electron chi connectivity index (χ0n) is 11.7. The van der Waals surface area contributed by atoms with Gasteiger partial charge in [-0.25, -0.2) is 14.9 Å². The van der Waals surface area contributed by atoms with Gasteiger partial charge in [-0.15, -0.1) is 0 Å². The second kappa shape index (κ2) is 6.61. The number of benzene rings is 1. The Morgan fingerprint density at radius 3 is 2.52 bits per heavy atom. The van der Waals surface area contributed by atoms with E-state index in [0.717, 1.165) is 5.69 Å². The van der Waals surface area contributed by atoms with E-state index >= 15 is 0 Å². The summed E-state index contributed by atoms with van der Waals surface area (Å²) >= 11 is 0. The van der Waals surface area contributed by atoms with E-state index in [0.29, 0.717) is 31.7 Å². The number of carbonyl (C=O) groups is 2. The van der Waals surface area contributed by atoms with E-state index in [1.165, 1.54) is 7.11 Å². The number of piperazine rings is 1. The quantitative estimate of drug-likeness (QED) is 0.838. The summed E-state index contributed by atoms with van der Waals surface area (Å²) in [5.74, 6) is 0. The molecule has 1 heterocycles. The van der Waals surface area contributed by atoms with Gasteiger partial charge in [-0.2, -0.15) is 5.26 Å². The van der Waals surface area contributed by atoms with E-state index in [9.17, 15) is 9.59 Å². The van der Waals surface area contributed by atoms with Crippen LogP contribution in [-0.4, -0.2) is 50.3 Å². The maximum Gasteiger partial charge on any atom is 0.415 e. The first-order valence-electron chi connectivity index (χ1n) is 6.53. The van der Waals surface area contributed by atoms with Gasteiger partial charge < -0.3 is 14.5 Å². The average molecular weight is 288 g/mol. The maximum absolute atomic E-state index is 11.8. The molecule has 0 aliphatic carbocycles. The van der Waals surface area contributed by atoms with Crippen LogP contribution >= 0.6 is 0 Å². The number of methoxy groups -OCH3 is 1. The Morgan fingerprint density at radius 2 is 1.90 bits per heavy atom. The van der Waals surface area contributed by atoms with E-state index in [-0.39, 0.29) is 0 Å². The first-order chi connectivity index (χ1) is 10.2. The van der Waals surface area contributed by atoms with Gasteiger partial charge in [0.2, 0.25) is 0 Å². The predicted molar refractivity (Wildman–Crippen MR) is 75.9 cm³/mol. The van der Waals surface area contributed by atoms with Crippen LogP contribution in [0, 0.1) is 11.3 Å². The number of nitrogens with zero attached hydrogens (tertiary/aromatic N) is 3. The molecule has 3 amide bonds. The topological polar surface area (TPSA) is 85.7 Å². The van der Waals surface area contributed by atoms with E-state index in [1.54, 1.807) is 11.0 Å². The average Bonchev–Trinajstić information content (AvgIpc) is 2.54. The fraction of sp³-hybridized carbons (Fsp3) is 0.357. The molecule has 0 unspecified atom stereocenters. The smallest absolute Gasteiger partial charge is 0.415 e. The van der Waals surface area contributed by atoms with Gasteiger partial charge in [0.15, 0.2) is 0 Å². The minimum absolute atomic E-state index is 0.463. The van der Waals surface area contributed by atoms with Crippen molar-refractivity contribution in [2.45, 2.75) is 0 Å². The molecule has 1 N–H and O–H groups in total. The number of imide groups is 1. The Labute approximate surface area is 122 Å². The fourth-order valence-corrected chi connectivity index (χ4v) is 2.21.